The van der Waals surface area contributed by atoms with E-state index in [4.69, 9.17) is 11.6 Å². The van der Waals surface area contributed by atoms with Crippen LogP contribution in [0.1, 0.15) is 18.9 Å². The first-order chi connectivity index (χ1) is 7.76. The summed E-state index contributed by atoms with van der Waals surface area (Å²) in [6.45, 7) is 4.85. The van der Waals surface area contributed by atoms with E-state index in [0.717, 1.165) is 31.6 Å². The topological polar surface area (TPSA) is 23.5 Å². The molecule has 0 saturated carbocycles. The van der Waals surface area contributed by atoms with Crippen molar-refractivity contribution in [3.8, 4) is 5.75 Å². The molecule has 0 atom stereocenters. The molecule has 3 heteroatoms. The maximum atomic E-state index is 9.38. The third-order valence-corrected chi connectivity index (χ3v) is 2.49. The molecule has 2 nitrogen and oxygen atoms in total. The molecule has 0 spiro atoms. The van der Waals surface area contributed by atoms with E-state index in [1.807, 2.05) is 18.2 Å². The molecule has 0 fully saturated rings. The number of phenols is 1. The Morgan fingerprint density at radius 2 is 2.25 bits per heavy atom. The third kappa shape index (κ3) is 4.69. The Bertz CT molecular complexity index is 338. The highest BCUT2D eigenvalue weighted by Crippen LogP contribution is 2.13. The van der Waals surface area contributed by atoms with E-state index in [0.29, 0.717) is 5.75 Å². The normalized spacial score (nSPS) is 11.4. The molecule has 16 heavy (non-hydrogen) atoms. The summed E-state index contributed by atoms with van der Waals surface area (Å²) in [6.07, 6.45) is 3.04. The molecule has 1 N–H and O–H groups in total. The van der Waals surface area contributed by atoms with Crippen LogP contribution in [0.2, 0.25) is 0 Å². The van der Waals surface area contributed by atoms with Crippen LogP contribution in [0.4, 0.5) is 0 Å². The van der Waals surface area contributed by atoms with Crippen molar-refractivity contribution < 1.29 is 5.11 Å². The Kier molecular flexibility index (Phi) is 5.98. The van der Waals surface area contributed by atoms with Gasteiger partial charge in [-0.1, -0.05) is 36.7 Å². The lowest BCUT2D eigenvalue weighted by molar-refractivity contribution is 0.294. The van der Waals surface area contributed by atoms with Crippen molar-refractivity contribution in [3.05, 3.63) is 41.4 Å². The number of halogens is 1. The molecule has 0 aliphatic rings. The Balaban J connectivity index is 2.59. The lowest BCUT2D eigenvalue weighted by atomic mass is 10.2. The molecule has 0 radical (unpaired) electrons. The number of hydrogen-bond acceptors (Lipinski definition) is 2. The van der Waals surface area contributed by atoms with Gasteiger partial charge in [-0.3, -0.25) is 4.90 Å². The van der Waals surface area contributed by atoms with Gasteiger partial charge >= 0.3 is 0 Å². The van der Waals surface area contributed by atoms with Gasteiger partial charge in [0.25, 0.3) is 0 Å². The lowest BCUT2D eigenvalue weighted by Crippen LogP contribution is -2.24. The number of nitrogens with zero attached hydrogens (tertiary/aromatic N) is 1. The van der Waals surface area contributed by atoms with Crippen LogP contribution in [0.15, 0.2) is 35.9 Å². The van der Waals surface area contributed by atoms with Gasteiger partial charge in [0.2, 0.25) is 0 Å². The molecule has 1 aromatic rings. The molecular formula is C13H18ClNO. The smallest absolute Gasteiger partial charge is 0.115 e. The van der Waals surface area contributed by atoms with Gasteiger partial charge in [-0.2, -0.15) is 0 Å². The number of rotatable bonds is 6. The van der Waals surface area contributed by atoms with Gasteiger partial charge in [-0.05, 0) is 30.7 Å². The minimum atomic E-state index is 0.321. The molecule has 1 rings (SSSR count). The van der Waals surface area contributed by atoms with Gasteiger partial charge in [0.15, 0.2) is 0 Å². The largest absolute Gasteiger partial charge is 0.508 e. The van der Waals surface area contributed by atoms with Crippen molar-refractivity contribution in [1.29, 1.82) is 0 Å². The lowest BCUT2D eigenvalue weighted by Gasteiger charge is -2.19. The summed E-state index contributed by atoms with van der Waals surface area (Å²) < 4.78 is 0. The summed E-state index contributed by atoms with van der Waals surface area (Å²) in [5.41, 5.74) is 2.67. The fourth-order valence-corrected chi connectivity index (χ4v) is 1.73. The van der Waals surface area contributed by atoms with Crippen LogP contribution in [0.25, 0.3) is 0 Å². The molecule has 0 saturated heterocycles. The van der Waals surface area contributed by atoms with Gasteiger partial charge in [0, 0.05) is 18.6 Å². The summed E-state index contributed by atoms with van der Waals surface area (Å²) in [7, 11) is 0. The van der Waals surface area contributed by atoms with Gasteiger partial charge in [-0.25, -0.2) is 0 Å². The van der Waals surface area contributed by atoms with E-state index in [1.165, 1.54) is 0 Å². The molecule has 0 bridgehead atoms. The standard InChI is InChI=1S/C13H18ClNO/c1-2-8-15(9-4-7-14)11-12-5-3-6-13(16)10-12/h3-7,10,16H,2,8-9,11H2,1H3. The highest BCUT2D eigenvalue weighted by atomic mass is 35.5. The van der Waals surface area contributed by atoms with E-state index in [9.17, 15) is 5.11 Å². The van der Waals surface area contributed by atoms with Crippen LogP contribution >= 0.6 is 11.6 Å². The van der Waals surface area contributed by atoms with Crippen LogP contribution in [0.3, 0.4) is 0 Å². The molecule has 1 aromatic carbocycles. The van der Waals surface area contributed by atoms with Crippen molar-refractivity contribution in [1.82, 2.24) is 4.90 Å². The second kappa shape index (κ2) is 7.31. The Morgan fingerprint density at radius 1 is 1.44 bits per heavy atom. The minimum absolute atomic E-state index is 0.321. The summed E-state index contributed by atoms with van der Waals surface area (Å²) in [4.78, 5) is 2.29. The monoisotopic (exact) mass is 239 g/mol. The molecule has 0 amide bonds. The highest BCUT2D eigenvalue weighted by molar-refractivity contribution is 6.25. The average Bonchev–Trinajstić information content (AvgIpc) is 2.26. The maximum Gasteiger partial charge on any atom is 0.115 e. The molecule has 0 aliphatic heterocycles. The second-order valence-electron chi connectivity index (χ2n) is 3.77. The maximum absolute atomic E-state index is 9.38. The van der Waals surface area contributed by atoms with Gasteiger partial charge in [0.1, 0.15) is 5.75 Å². The Labute approximate surface area is 102 Å². The first-order valence-corrected chi connectivity index (χ1v) is 5.95. The van der Waals surface area contributed by atoms with E-state index >= 15 is 0 Å². The summed E-state index contributed by atoms with van der Waals surface area (Å²) >= 11 is 5.53. The third-order valence-electron chi connectivity index (χ3n) is 2.31. The fourth-order valence-electron chi connectivity index (χ4n) is 1.65. The quantitative estimate of drug-likeness (QED) is 0.823. The van der Waals surface area contributed by atoms with Crippen molar-refractivity contribution >= 4 is 11.6 Å². The van der Waals surface area contributed by atoms with E-state index in [1.54, 1.807) is 17.7 Å². The molecule has 88 valence electrons. The summed E-state index contributed by atoms with van der Waals surface area (Å²) in [5.74, 6) is 0.321. The van der Waals surface area contributed by atoms with Crippen LogP contribution in [0, 0.1) is 0 Å². The molecule has 0 aliphatic carbocycles. The zero-order valence-electron chi connectivity index (χ0n) is 9.56. The fraction of sp³-hybridized carbons (Fsp3) is 0.385. The van der Waals surface area contributed by atoms with E-state index in [-0.39, 0.29) is 0 Å². The second-order valence-corrected chi connectivity index (χ2v) is 4.02. The number of aromatic hydroxyl groups is 1. The van der Waals surface area contributed by atoms with Gasteiger partial charge < -0.3 is 5.11 Å². The van der Waals surface area contributed by atoms with E-state index < -0.39 is 0 Å². The van der Waals surface area contributed by atoms with Crippen LogP contribution < -0.4 is 0 Å². The number of benzene rings is 1. The minimum Gasteiger partial charge on any atom is -0.508 e. The van der Waals surface area contributed by atoms with Crippen molar-refractivity contribution in [3.63, 3.8) is 0 Å². The SMILES string of the molecule is CCCN(CC=CCl)Cc1cccc(O)c1. The average molecular weight is 240 g/mol. The number of hydrogen-bond donors (Lipinski definition) is 1. The first-order valence-electron chi connectivity index (χ1n) is 5.51. The van der Waals surface area contributed by atoms with Crippen molar-refractivity contribution in [2.24, 2.45) is 0 Å². The first kappa shape index (κ1) is 13.1. The molecular weight excluding hydrogens is 222 g/mol. The van der Waals surface area contributed by atoms with Gasteiger partial charge in [0.05, 0.1) is 0 Å². The molecule has 0 unspecified atom stereocenters. The van der Waals surface area contributed by atoms with Crippen LogP contribution in [-0.4, -0.2) is 23.1 Å². The predicted octanol–water partition coefficient (Wildman–Crippen LogP) is 3.36. The zero-order valence-corrected chi connectivity index (χ0v) is 10.3. The predicted molar refractivity (Wildman–Crippen MR) is 68.7 cm³/mol. The van der Waals surface area contributed by atoms with Crippen molar-refractivity contribution in [2.75, 3.05) is 13.1 Å². The number of phenolic OH excluding ortho intramolecular Hbond substituents is 1. The summed E-state index contributed by atoms with van der Waals surface area (Å²) in [5, 5.41) is 9.38. The van der Waals surface area contributed by atoms with Crippen LogP contribution in [0.5, 0.6) is 5.75 Å². The Morgan fingerprint density at radius 3 is 2.88 bits per heavy atom. The Hall–Kier alpha value is -0.990. The zero-order chi connectivity index (χ0) is 11.8. The van der Waals surface area contributed by atoms with Crippen molar-refractivity contribution in [2.45, 2.75) is 19.9 Å². The highest BCUT2D eigenvalue weighted by Gasteiger charge is 2.03. The van der Waals surface area contributed by atoms with Gasteiger partial charge in [-0.15, -0.1) is 0 Å². The molecule has 0 heterocycles. The van der Waals surface area contributed by atoms with Crippen LogP contribution in [-0.2, 0) is 6.54 Å². The molecule has 0 aromatic heterocycles. The summed E-state index contributed by atoms with van der Waals surface area (Å²) in [6, 6.07) is 7.37. The van der Waals surface area contributed by atoms with E-state index in [2.05, 4.69) is 11.8 Å².